The van der Waals surface area contributed by atoms with Gasteiger partial charge in [-0.15, -0.1) is 0 Å². The van der Waals surface area contributed by atoms with E-state index >= 15 is 0 Å². The van der Waals surface area contributed by atoms with Crippen LogP contribution in [0.1, 0.15) is 72.1 Å². The highest BCUT2D eigenvalue weighted by Crippen LogP contribution is 2.65. The fraction of sp³-hybridized carbons (Fsp3) is 0.857. The van der Waals surface area contributed by atoms with Crippen LogP contribution in [-0.2, 0) is 14.4 Å². The molecule has 25 heavy (non-hydrogen) atoms. The highest BCUT2D eigenvalue weighted by Gasteiger charge is 2.64. The lowest BCUT2D eigenvalue weighted by molar-refractivity contribution is -0.172. The molecule has 0 saturated heterocycles. The van der Waals surface area contributed by atoms with Crippen molar-refractivity contribution < 1.29 is 19.5 Å². The van der Waals surface area contributed by atoms with Crippen molar-refractivity contribution in [2.75, 3.05) is 0 Å². The van der Waals surface area contributed by atoms with E-state index in [4.69, 9.17) is 0 Å². The number of Topliss-reactive ketones (excluding diaryl/α,β-unsaturated/α-hetero) is 3. The van der Waals surface area contributed by atoms with E-state index in [0.717, 1.165) is 25.7 Å². The Balaban J connectivity index is 1.67. The molecular weight excluding hydrogens is 316 g/mol. The highest BCUT2D eigenvalue weighted by atomic mass is 16.3. The molecule has 4 fully saturated rings. The van der Waals surface area contributed by atoms with Gasteiger partial charge in [-0.05, 0) is 68.6 Å². The molecule has 7 unspecified atom stereocenters. The molecule has 4 aliphatic rings. The lowest BCUT2D eigenvalue weighted by Gasteiger charge is -2.60. The number of rotatable bonds is 1. The molecule has 4 rings (SSSR count). The second kappa shape index (κ2) is 5.25. The van der Waals surface area contributed by atoms with Crippen LogP contribution in [-0.4, -0.2) is 28.1 Å². The van der Waals surface area contributed by atoms with Crippen LogP contribution in [0.15, 0.2) is 0 Å². The van der Waals surface area contributed by atoms with Crippen LogP contribution in [0.5, 0.6) is 0 Å². The van der Waals surface area contributed by atoms with E-state index in [0.29, 0.717) is 37.4 Å². The molecule has 4 heteroatoms. The van der Waals surface area contributed by atoms with Crippen molar-refractivity contribution >= 4 is 17.3 Å². The molecule has 0 aliphatic heterocycles. The Morgan fingerprint density at radius 1 is 1.08 bits per heavy atom. The topological polar surface area (TPSA) is 71.4 Å². The summed E-state index contributed by atoms with van der Waals surface area (Å²) in [5.41, 5.74) is -1.54. The van der Waals surface area contributed by atoms with Crippen LogP contribution in [0.3, 0.4) is 0 Å². The van der Waals surface area contributed by atoms with Gasteiger partial charge in [-0.25, -0.2) is 0 Å². The molecule has 0 amide bonds. The van der Waals surface area contributed by atoms with Crippen molar-refractivity contribution in [1.29, 1.82) is 0 Å². The SMILES string of the molecule is CC(=O)C1(O)CCC2(C)C(CC(=O)C3C4CCC(=O)C4(C)CCC32)C1. The minimum absolute atomic E-state index is 0.00717. The lowest BCUT2D eigenvalue weighted by atomic mass is 9.44. The van der Waals surface area contributed by atoms with Gasteiger partial charge >= 0.3 is 0 Å². The molecule has 138 valence electrons. The number of hydrogen-bond acceptors (Lipinski definition) is 4. The molecule has 1 N–H and O–H groups in total. The molecule has 0 bridgehead atoms. The quantitative estimate of drug-likeness (QED) is 0.792. The molecule has 0 spiro atoms. The predicted molar refractivity (Wildman–Crippen MR) is 92.8 cm³/mol. The van der Waals surface area contributed by atoms with Crippen LogP contribution in [0, 0.1) is 34.5 Å². The van der Waals surface area contributed by atoms with Crippen LogP contribution in [0.4, 0.5) is 0 Å². The minimum Gasteiger partial charge on any atom is -0.382 e. The fourth-order valence-electron chi connectivity index (χ4n) is 7.02. The zero-order valence-electron chi connectivity index (χ0n) is 15.6. The summed E-state index contributed by atoms with van der Waals surface area (Å²) in [6.07, 6.45) is 5.52. The second-order valence-electron chi connectivity index (χ2n) is 9.82. The standard InChI is InChI=1S/C21H30O4/c1-12(22)21(25)9-8-19(2)13(11-21)10-16(23)18-14-4-5-17(24)20(14,3)7-6-15(18)19/h13-15,18,25H,4-11H2,1-3H3. The second-order valence-corrected chi connectivity index (χ2v) is 9.82. The zero-order valence-corrected chi connectivity index (χ0v) is 15.6. The van der Waals surface area contributed by atoms with E-state index in [1.54, 1.807) is 0 Å². The predicted octanol–water partition coefficient (Wildman–Crippen LogP) is 3.10. The van der Waals surface area contributed by atoms with Gasteiger partial charge in [0, 0.05) is 24.2 Å². The molecule has 4 nitrogen and oxygen atoms in total. The van der Waals surface area contributed by atoms with Gasteiger partial charge in [-0.1, -0.05) is 13.8 Å². The molecule has 0 heterocycles. The average Bonchev–Trinajstić information content (AvgIpc) is 2.85. The zero-order chi connectivity index (χ0) is 18.2. The fourth-order valence-corrected chi connectivity index (χ4v) is 7.02. The summed E-state index contributed by atoms with van der Waals surface area (Å²) < 4.78 is 0. The smallest absolute Gasteiger partial charge is 0.161 e. The summed E-state index contributed by atoms with van der Waals surface area (Å²) in [4.78, 5) is 37.5. The van der Waals surface area contributed by atoms with Gasteiger partial charge < -0.3 is 5.11 Å². The van der Waals surface area contributed by atoms with Crippen molar-refractivity contribution in [2.45, 2.75) is 77.7 Å². The Kier molecular flexibility index (Phi) is 3.65. The van der Waals surface area contributed by atoms with Gasteiger partial charge in [0.2, 0.25) is 0 Å². The van der Waals surface area contributed by atoms with E-state index in [2.05, 4.69) is 13.8 Å². The Morgan fingerprint density at radius 2 is 1.80 bits per heavy atom. The Labute approximate surface area is 149 Å². The van der Waals surface area contributed by atoms with Gasteiger partial charge in [0.25, 0.3) is 0 Å². The molecule has 4 saturated carbocycles. The summed E-state index contributed by atoms with van der Waals surface area (Å²) in [6.45, 7) is 5.83. The average molecular weight is 346 g/mol. The molecule has 0 aromatic heterocycles. The molecule has 0 aromatic carbocycles. The van der Waals surface area contributed by atoms with Crippen LogP contribution >= 0.6 is 0 Å². The van der Waals surface area contributed by atoms with E-state index < -0.39 is 5.60 Å². The maximum atomic E-state index is 13.1. The maximum Gasteiger partial charge on any atom is 0.161 e. The number of carbonyl (C=O) groups is 3. The third-order valence-electron chi connectivity index (χ3n) is 8.90. The number of ketones is 3. The number of aliphatic hydroxyl groups is 1. The van der Waals surface area contributed by atoms with Gasteiger partial charge in [-0.2, -0.15) is 0 Å². The van der Waals surface area contributed by atoms with Crippen LogP contribution < -0.4 is 0 Å². The van der Waals surface area contributed by atoms with Crippen molar-refractivity contribution in [3.63, 3.8) is 0 Å². The summed E-state index contributed by atoms with van der Waals surface area (Å²) in [6, 6.07) is 0. The first kappa shape index (κ1) is 17.4. The first-order valence-corrected chi connectivity index (χ1v) is 9.91. The van der Waals surface area contributed by atoms with Crippen molar-refractivity contribution in [1.82, 2.24) is 0 Å². The van der Waals surface area contributed by atoms with Gasteiger partial charge in [-0.3, -0.25) is 14.4 Å². The Bertz CT molecular complexity index is 654. The van der Waals surface area contributed by atoms with Gasteiger partial charge in [0.1, 0.15) is 17.2 Å². The van der Waals surface area contributed by atoms with Gasteiger partial charge in [0.05, 0.1) is 0 Å². The molecule has 4 aliphatic carbocycles. The number of carbonyl (C=O) groups excluding carboxylic acids is 3. The van der Waals surface area contributed by atoms with Crippen LogP contribution in [0.25, 0.3) is 0 Å². The summed E-state index contributed by atoms with van der Waals surface area (Å²) in [7, 11) is 0. The van der Waals surface area contributed by atoms with Crippen molar-refractivity contribution in [3.8, 4) is 0 Å². The first-order valence-electron chi connectivity index (χ1n) is 9.91. The third-order valence-corrected chi connectivity index (χ3v) is 8.90. The third kappa shape index (κ3) is 2.19. The Morgan fingerprint density at radius 3 is 2.48 bits per heavy atom. The maximum absolute atomic E-state index is 13.1. The van der Waals surface area contributed by atoms with E-state index in [-0.39, 0.29) is 40.2 Å². The van der Waals surface area contributed by atoms with Gasteiger partial charge in [0.15, 0.2) is 5.78 Å². The van der Waals surface area contributed by atoms with Crippen molar-refractivity contribution in [3.05, 3.63) is 0 Å². The lowest BCUT2D eigenvalue weighted by Crippen LogP contribution is -2.59. The number of hydrogen-bond donors (Lipinski definition) is 1. The largest absolute Gasteiger partial charge is 0.382 e. The Hall–Kier alpha value is -1.03. The molecule has 7 atom stereocenters. The summed E-state index contributed by atoms with van der Waals surface area (Å²) >= 11 is 0. The monoisotopic (exact) mass is 346 g/mol. The summed E-state index contributed by atoms with van der Waals surface area (Å²) in [5, 5.41) is 10.7. The highest BCUT2D eigenvalue weighted by molar-refractivity contribution is 5.91. The van der Waals surface area contributed by atoms with Crippen molar-refractivity contribution in [2.24, 2.45) is 34.5 Å². The normalized spacial score (nSPS) is 52.3. The molecular formula is C21H30O4. The number of fused-ring (bicyclic) bond motifs is 5. The minimum atomic E-state index is -1.25. The molecule has 0 aromatic rings. The molecule has 0 radical (unpaired) electrons. The van der Waals surface area contributed by atoms with Crippen LogP contribution in [0.2, 0.25) is 0 Å². The van der Waals surface area contributed by atoms with E-state index in [1.165, 1.54) is 6.92 Å². The summed E-state index contributed by atoms with van der Waals surface area (Å²) in [5.74, 6) is 1.08. The van der Waals surface area contributed by atoms with E-state index in [1.807, 2.05) is 0 Å². The van der Waals surface area contributed by atoms with E-state index in [9.17, 15) is 19.5 Å². The first-order chi connectivity index (χ1) is 11.6.